The van der Waals surface area contributed by atoms with E-state index < -0.39 is 49.4 Å². The molecule has 7 N–H and O–H groups in total. The van der Waals surface area contributed by atoms with Gasteiger partial charge in [-0.1, -0.05) is 0 Å². The molecule has 6 atom stereocenters. The standard InChI is InChI=1S/C9H18O9.Na.H/c1-3(11)8(16)18-9(17)7(15)6(14)5(13)4(12)2-10;;/h3-7,9-15,17H,2H2,1H3;;/t3?,4-,5-,6+,7-,9?;;/m1../s1. The number of hydrogen-bond acceptors (Lipinski definition) is 9. The monoisotopic (exact) mass is 294 g/mol. The van der Waals surface area contributed by atoms with Crippen LogP contribution in [0.25, 0.3) is 0 Å². The van der Waals surface area contributed by atoms with Gasteiger partial charge in [-0.2, -0.15) is 0 Å². The Morgan fingerprint density at radius 2 is 1.47 bits per heavy atom. The van der Waals surface area contributed by atoms with Gasteiger partial charge in [0.25, 0.3) is 0 Å². The van der Waals surface area contributed by atoms with E-state index in [9.17, 15) is 25.2 Å². The summed E-state index contributed by atoms with van der Waals surface area (Å²) < 4.78 is 4.16. The summed E-state index contributed by atoms with van der Waals surface area (Å²) in [7, 11) is 0. The molecule has 0 aliphatic carbocycles. The fourth-order valence-corrected chi connectivity index (χ4v) is 0.993. The van der Waals surface area contributed by atoms with Crippen LogP contribution in [0.1, 0.15) is 6.92 Å². The van der Waals surface area contributed by atoms with E-state index >= 15 is 0 Å². The molecule has 2 unspecified atom stereocenters. The molecule has 19 heavy (non-hydrogen) atoms. The maximum atomic E-state index is 10.9. The van der Waals surface area contributed by atoms with Crippen LogP contribution < -0.4 is 0 Å². The fourth-order valence-electron chi connectivity index (χ4n) is 0.993. The van der Waals surface area contributed by atoms with Gasteiger partial charge in [-0.15, -0.1) is 0 Å². The first-order chi connectivity index (χ1) is 8.22. The molecule has 0 aliphatic rings. The van der Waals surface area contributed by atoms with Gasteiger partial charge in [0.15, 0.2) is 0 Å². The van der Waals surface area contributed by atoms with Gasteiger partial charge >= 0.3 is 35.5 Å². The zero-order chi connectivity index (χ0) is 14.5. The van der Waals surface area contributed by atoms with E-state index in [0.717, 1.165) is 6.92 Å². The molecule has 0 aromatic heterocycles. The van der Waals surface area contributed by atoms with Crippen molar-refractivity contribution in [1.29, 1.82) is 0 Å². The van der Waals surface area contributed by atoms with Crippen LogP contribution in [0, 0.1) is 0 Å². The van der Waals surface area contributed by atoms with Crippen LogP contribution >= 0.6 is 0 Å². The summed E-state index contributed by atoms with van der Waals surface area (Å²) in [6.07, 6.45) is -11.6. The van der Waals surface area contributed by atoms with E-state index in [1.165, 1.54) is 0 Å². The van der Waals surface area contributed by atoms with E-state index in [-0.39, 0.29) is 29.6 Å². The molecule has 0 saturated heterocycles. The molecule has 0 bridgehead atoms. The van der Waals surface area contributed by atoms with Crippen molar-refractivity contribution in [3.63, 3.8) is 0 Å². The van der Waals surface area contributed by atoms with Crippen LogP contribution in [0.2, 0.25) is 0 Å². The molecule has 0 radical (unpaired) electrons. The van der Waals surface area contributed by atoms with Gasteiger partial charge in [0.2, 0.25) is 6.29 Å². The second-order valence-electron chi connectivity index (χ2n) is 3.73. The second kappa shape index (κ2) is 10.00. The summed E-state index contributed by atoms with van der Waals surface area (Å²) >= 11 is 0. The third-order valence-corrected chi connectivity index (χ3v) is 2.15. The molecule has 0 spiro atoms. The van der Waals surface area contributed by atoms with Crippen LogP contribution in [0.5, 0.6) is 0 Å². The second-order valence-corrected chi connectivity index (χ2v) is 3.73. The van der Waals surface area contributed by atoms with Crippen LogP contribution in [-0.4, -0.2) is 115 Å². The van der Waals surface area contributed by atoms with Crippen molar-refractivity contribution in [3.05, 3.63) is 0 Å². The molecule has 0 amide bonds. The van der Waals surface area contributed by atoms with Gasteiger partial charge in [-0.3, -0.25) is 0 Å². The third-order valence-electron chi connectivity index (χ3n) is 2.15. The predicted octanol–water partition coefficient (Wildman–Crippen LogP) is -4.98. The van der Waals surface area contributed by atoms with Crippen molar-refractivity contribution in [2.75, 3.05) is 6.61 Å². The molecule has 0 aromatic rings. The Kier molecular flexibility index (Phi) is 11.3. The molecular formula is C9H19NaO9. The minimum atomic E-state index is -2.21. The maximum absolute atomic E-state index is 10.9. The summed E-state index contributed by atoms with van der Waals surface area (Å²) in [5.74, 6) is -1.24. The van der Waals surface area contributed by atoms with Crippen LogP contribution in [0.15, 0.2) is 0 Å². The summed E-state index contributed by atoms with van der Waals surface area (Å²) in [4.78, 5) is 10.9. The number of aliphatic hydroxyl groups is 7. The van der Waals surface area contributed by atoms with Gasteiger partial charge in [-0.05, 0) is 6.92 Å². The normalized spacial score (nSPS) is 20.4. The molecule has 0 saturated carbocycles. The average Bonchev–Trinajstić information content (AvgIpc) is 2.34. The van der Waals surface area contributed by atoms with Crippen molar-refractivity contribution in [2.45, 2.75) is 43.7 Å². The van der Waals surface area contributed by atoms with E-state index in [2.05, 4.69) is 4.74 Å². The number of ether oxygens (including phenoxy) is 1. The zero-order valence-corrected chi connectivity index (χ0v) is 9.62. The first kappa shape index (κ1) is 21.5. The fraction of sp³-hybridized carbons (Fsp3) is 0.889. The molecule has 0 fully saturated rings. The van der Waals surface area contributed by atoms with Gasteiger partial charge in [0, 0.05) is 0 Å². The Morgan fingerprint density at radius 1 is 1.00 bits per heavy atom. The van der Waals surface area contributed by atoms with E-state index in [4.69, 9.17) is 15.3 Å². The first-order valence-electron chi connectivity index (χ1n) is 5.12. The number of carbonyl (C=O) groups excluding carboxylic acids is 1. The topological polar surface area (TPSA) is 168 Å². The SMILES string of the molecule is CC(O)C(=O)OC(O)[C@H](O)[C@@H](O)[C@H](O)[C@H](O)CO.[NaH]. The van der Waals surface area contributed by atoms with E-state index in [1.54, 1.807) is 0 Å². The van der Waals surface area contributed by atoms with Gasteiger partial charge in [0.05, 0.1) is 6.61 Å². The van der Waals surface area contributed by atoms with Gasteiger partial charge in [0.1, 0.15) is 30.5 Å². The Morgan fingerprint density at radius 3 is 1.84 bits per heavy atom. The van der Waals surface area contributed by atoms with Crippen molar-refractivity contribution < 1.29 is 45.3 Å². The molecule has 9 nitrogen and oxygen atoms in total. The molecule has 0 aliphatic heterocycles. The number of aliphatic hydroxyl groups excluding tert-OH is 7. The molecule has 0 aromatic carbocycles. The Balaban J connectivity index is 0. The predicted molar refractivity (Wildman–Crippen MR) is 62.0 cm³/mol. The van der Waals surface area contributed by atoms with Crippen molar-refractivity contribution in [2.24, 2.45) is 0 Å². The van der Waals surface area contributed by atoms with E-state index in [0.29, 0.717) is 0 Å². The van der Waals surface area contributed by atoms with Crippen molar-refractivity contribution in [1.82, 2.24) is 0 Å². The third kappa shape index (κ3) is 6.95. The number of esters is 1. The molecule has 10 heteroatoms. The van der Waals surface area contributed by atoms with E-state index in [1.807, 2.05) is 0 Å². The minimum absolute atomic E-state index is 0. The average molecular weight is 294 g/mol. The van der Waals surface area contributed by atoms with Crippen LogP contribution in [0.4, 0.5) is 0 Å². The summed E-state index contributed by atoms with van der Waals surface area (Å²) in [6.45, 7) is 0.177. The summed E-state index contributed by atoms with van der Waals surface area (Å²) in [5.41, 5.74) is 0. The van der Waals surface area contributed by atoms with Crippen LogP contribution in [0.3, 0.4) is 0 Å². The Labute approximate surface area is 131 Å². The quantitative estimate of drug-likeness (QED) is 0.138. The summed E-state index contributed by atoms with van der Waals surface area (Å²) in [5, 5.41) is 63.3. The molecule has 0 heterocycles. The summed E-state index contributed by atoms with van der Waals surface area (Å²) in [6, 6.07) is 0. The van der Waals surface area contributed by atoms with Crippen molar-refractivity contribution >= 4 is 35.5 Å². The van der Waals surface area contributed by atoms with Crippen molar-refractivity contribution in [3.8, 4) is 0 Å². The Hall–Kier alpha value is 0.190. The first-order valence-corrected chi connectivity index (χ1v) is 5.12. The van der Waals surface area contributed by atoms with Gasteiger partial charge in [-0.25, -0.2) is 4.79 Å². The number of rotatable bonds is 7. The number of carbonyl (C=O) groups is 1. The number of hydrogen-bond donors (Lipinski definition) is 7. The molecule has 110 valence electrons. The molecular weight excluding hydrogens is 275 g/mol. The zero-order valence-electron chi connectivity index (χ0n) is 9.62. The molecule has 0 rings (SSSR count). The Bertz CT molecular complexity index is 262. The van der Waals surface area contributed by atoms with Crippen LogP contribution in [-0.2, 0) is 9.53 Å². The van der Waals surface area contributed by atoms with Gasteiger partial charge < -0.3 is 40.5 Å².